The number of anilines is 1. The van der Waals surface area contributed by atoms with Crippen LogP contribution in [0.3, 0.4) is 0 Å². The fraction of sp³-hybridized carbons (Fsp3) is 0.240. The lowest BCUT2D eigenvalue weighted by Crippen LogP contribution is -2.42. The molecule has 4 nitrogen and oxygen atoms in total. The van der Waals surface area contributed by atoms with Gasteiger partial charge in [-0.05, 0) is 65.6 Å². The molecule has 6 heteroatoms. The molecule has 3 aromatic carbocycles. The number of carbonyl (C=O) groups is 1. The van der Waals surface area contributed by atoms with Gasteiger partial charge in [0, 0.05) is 23.7 Å². The van der Waals surface area contributed by atoms with Gasteiger partial charge in [0.2, 0.25) is 0 Å². The Labute approximate surface area is 179 Å². The van der Waals surface area contributed by atoms with Crippen molar-refractivity contribution >= 4 is 11.6 Å². The second kappa shape index (κ2) is 7.78. The number of amides is 1. The second-order valence-electron chi connectivity index (χ2n) is 8.15. The summed E-state index contributed by atoms with van der Waals surface area (Å²) in [4.78, 5) is 15.1. The molecular formula is C25H22F2N2O2. The van der Waals surface area contributed by atoms with Gasteiger partial charge in [-0.15, -0.1) is 0 Å². The van der Waals surface area contributed by atoms with Crippen LogP contribution in [0.5, 0.6) is 0 Å². The van der Waals surface area contributed by atoms with Crippen molar-refractivity contribution in [3.8, 4) is 11.1 Å². The Bertz CT molecular complexity index is 1130. The molecule has 0 aliphatic carbocycles. The number of nitrogens with one attached hydrogen (secondary N) is 1. The van der Waals surface area contributed by atoms with Gasteiger partial charge in [0.05, 0.1) is 18.7 Å². The fourth-order valence-electron chi connectivity index (χ4n) is 4.90. The number of carbonyl (C=O) groups excluding carboxylic acids is 1. The SMILES string of the molecule is O=C(c1cccc(F)c1)N1CC[C@H]2[C@H](CO)Nc3ccc(-c4ccc(F)cc4)cc3[C@H]21. The van der Waals surface area contributed by atoms with E-state index < -0.39 is 5.82 Å². The van der Waals surface area contributed by atoms with Crippen molar-refractivity contribution in [3.63, 3.8) is 0 Å². The molecule has 2 N–H and O–H groups in total. The third-order valence-electron chi connectivity index (χ3n) is 6.38. The van der Waals surface area contributed by atoms with E-state index >= 15 is 0 Å². The van der Waals surface area contributed by atoms with E-state index in [0.29, 0.717) is 12.1 Å². The zero-order chi connectivity index (χ0) is 21.5. The van der Waals surface area contributed by atoms with E-state index in [4.69, 9.17) is 0 Å². The fourth-order valence-corrected chi connectivity index (χ4v) is 4.90. The summed E-state index contributed by atoms with van der Waals surface area (Å²) in [5.41, 5.74) is 3.94. The highest BCUT2D eigenvalue weighted by molar-refractivity contribution is 5.95. The molecular weight excluding hydrogens is 398 g/mol. The Kier molecular flexibility index (Phi) is 4.94. The van der Waals surface area contributed by atoms with Crippen LogP contribution in [-0.4, -0.2) is 35.1 Å². The number of hydrogen-bond donors (Lipinski definition) is 2. The summed E-state index contributed by atoms with van der Waals surface area (Å²) in [6.45, 7) is 0.491. The first-order valence-corrected chi connectivity index (χ1v) is 10.4. The van der Waals surface area contributed by atoms with Gasteiger partial charge in [-0.3, -0.25) is 4.79 Å². The zero-order valence-corrected chi connectivity index (χ0v) is 16.8. The third-order valence-corrected chi connectivity index (χ3v) is 6.38. The van der Waals surface area contributed by atoms with Gasteiger partial charge in [-0.1, -0.05) is 24.3 Å². The molecule has 2 aliphatic heterocycles. The molecule has 0 radical (unpaired) electrons. The average molecular weight is 420 g/mol. The van der Waals surface area contributed by atoms with Gasteiger partial charge in [0.15, 0.2) is 0 Å². The van der Waals surface area contributed by atoms with E-state index in [1.807, 2.05) is 18.2 Å². The summed E-state index contributed by atoms with van der Waals surface area (Å²) in [5.74, 6) is -0.918. The monoisotopic (exact) mass is 420 g/mol. The van der Waals surface area contributed by atoms with Crippen LogP contribution in [0.25, 0.3) is 11.1 Å². The van der Waals surface area contributed by atoms with Crippen molar-refractivity contribution in [2.24, 2.45) is 5.92 Å². The third kappa shape index (κ3) is 3.47. The molecule has 3 atom stereocenters. The van der Waals surface area contributed by atoms with Crippen LogP contribution < -0.4 is 5.32 Å². The first kappa shape index (κ1) is 19.7. The second-order valence-corrected chi connectivity index (χ2v) is 8.15. The summed E-state index contributed by atoms with van der Waals surface area (Å²) >= 11 is 0. The smallest absolute Gasteiger partial charge is 0.254 e. The maximum atomic E-state index is 13.7. The number of hydrogen-bond acceptors (Lipinski definition) is 3. The van der Waals surface area contributed by atoms with Crippen LogP contribution in [-0.2, 0) is 0 Å². The number of fused-ring (bicyclic) bond motifs is 3. The molecule has 3 aromatic rings. The van der Waals surface area contributed by atoms with Crippen molar-refractivity contribution in [1.82, 2.24) is 4.90 Å². The molecule has 0 aromatic heterocycles. The Balaban J connectivity index is 1.57. The number of aliphatic hydroxyl groups excluding tert-OH is 1. The first-order chi connectivity index (χ1) is 15.0. The van der Waals surface area contributed by atoms with Crippen LogP contribution >= 0.6 is 0 Å². The molecule has 0 saturated carbocycles. The Hall–Kier alpha value is -3.25. The van der Waals surface area contributed by atoms with Gasteiger partial charge in [0.25, 0.3) is 5.91 Å². The number of aliphatic hydroxyl groups is 1. The van der Waals surface area contributed by atoms with Crippen LogP contribution in [0.2, 0.25) is 0 Å². The van der Waals surface area contributed by atoms with E-state index in [-0.39, 0.29) is 36.3 Å². The summed E-state index contributed by atoms with van der Waals surface area (Å²) < 4.78 is 27.1. The molecule has 2 heterocycles. The van der Waals surface area contributed by atoms with Gasteiger partial charge >= 0.3 is 0 Å². The number of likely N-dealkylation sites (tertiary alicyclic amines) is 1. The lowest BCUT2D eigenvalue weighted by Gasteiger charge is -2.39. The minimum atomic E-state index is -0.445. The highest BCUT2D eigenvalue weighted by Gasteiger charge is 2.45. The summed E-state index contributed by atoms with van der Waals surface area (Å²) in [6.07, 6.45) is 0.740. The predicted molar refractivity (Wildman–Crippen MR) is 115 cm³/mol. The molecule has 0 spiro atoms. The van der Waals surface area contributed by atoms with Crippen molar-refractivity contribution < 1.29 is 18.7 Å². The maximum Gasteiger partial charge on any atom is 0.254 e. The van der Waals surface area contributed by atoms with Crippen LogP contribution in [0.15, 0.2) is 66.7 Å². The number of rotatable bonds is 3. The van der Waals surface area contributed by atoms with E-state index in [1.54, 1.807) is 23.1 Å². The highest BCUT2D eigenvalue weighted by Crippen LogP contribution is 2.47. The van der Waals surface area contributed by atoms with Gasteiger partial charge in [-0.25, -0.2) is 8.78 Å². The predicted octanol–water partition coefficient (Wildman–Crippen LogP) is 4.62. The normalized spacial score (nSPS) is 21.9. The molecule has 2 aliphatic rings. The standard InChI is InChI=1S/C25H22F2N2O2/c26-18-7-4-15(5-8-18)16-6-9-22-21(13-16)24-20(23(14-30)28-22)10-11-29(24)25(31)17-2-1-3-19(27)12-17/h1-9,12-13,20,23-24,28,30H,10-11,14H2/t20-,23-,24-/m0/s1. The number of halogens is 2. The van der Waals surface area contributed by atoms with Gasteiger partial charge in [0.1, 0.15) is 11.6 Å². The van der Waals surface area contributed by atoms with E-state index in [0.717, 1.165) is 28.8 Å². The molecule has 0 bridgehead atoms. The van der Waals surface area contributed by atoms with Crippen molar-refractivity contribution in [2.45, 2.75) is 18.5 Å². The lowest BCUT2D eigenvalue weighted by atomic mass is 9.82. The minimum Gasteiger partial charge on any atom is -0.394 e. The van der Waals surface area contributed by atoms with Gasteiger partial charge in [-0.2, -0.15) is 0 Å². The minimum absolute atomic E-state index is 0.0394. The van der Waals surface area contributed by atoms with Crippen LogP contribution in [0.4, 0.5) is 14.5 Å². The quantitative estimate of drug-likeness (QED) is 0.650. The molecule has 158 valence electrons. The van der Waals surface area contributed by atoms with Crippen LogP contribution in [0.1, 0.15) is 28.4 Å². The Morgan fingerprint density at radius 3 is 2.52 bits per heavy atom. The van der Waals surface area contributed by atoms with Crippen molar-refractivity contribution in [3.05, 3.63) is 89.5 Å². The molecule has 31 heavy (non-hydrogen) atoms. The van der Waals surface area contributed by atoms with E-state index in [1.165, 1.54) is 30.3 Å². The lowest BCUT2D eigenvalue weighted by molar-refractivity contribution is 0.0700. The summed E-state index contributed by atoms with van der Waals surface area (Å²) in [7, 11) is 0. The molecule has 0 unspecified atom stereocenters. The molecule has 1 saturated heterocycles. The zero-order valence-electron chi connectivity index (χ0n) is 16.8. The summed E-state index contributed by atoms with van der Waals surface area (Å²) in [5, 5.41) is 13.4. The largest absolute Gasteiger partial charge is 0.394 e. The average Bonchev–Trinajstić information content (AvgIpc) is 3.24. The topological polar surface area (TPSA) is 52.6 Å². The number of benzene rings is 3. The Morgan fingerprint density at radius 1 is 1.00 bits per heavy atom. The van der Waals surface area contributed by atoms with Crippen molar-refractivity contribution in [2.75, 3.05) is 18.5 Å². The Morgan fingerprint density at radius 2 is 1.77 bits per heavy atom. The van der Waals surface area contributed by atoms with E-state index in [9.17, 15) is 18.7 Å². The van der Waals surface area contributed by atoms with E-state index in [2.05, 4.69) is 5.32 Å². The molecule has 1 fully saturated rings. The van der Waals surface area contributed by atoms with Gasteiger partial charge < -0.3 is 15.3 Å². The first-order valence-electron chi connectivity index (χ1n) is 10.4. The molecule has 5 rings (SSSR count). The van der Waals surface area contributed by atoms with Crippen molar-refractivity contribution in [1.29, 1.82) is 0 Å². The summed E-state index contributed by atoms with van der Waals surface area (Å²) in [6, 6.07) is 17.6. The van der Waals surface area contributed by atoms with Crippen LogP contribution in [0, 0.1) is 17.6 Å². The highest BCUT2D eigenvalue weighted by atomic mass is 19.1. The molecule has 1 amide bonds. The maximum absolute atomic E-state index is 13.7. The number of nitrogens with zero attached hydrogens (tertiary/aromatic N) is 1.